The summed E-state index contributed by atoms with van der Waals surface area (Å²) in [5.74, 6) is 0.288. The maximum absolute atomic E-state index is 11.1. The van der Waals surface area contributed by atoms with Crippen LogP contribution in [0.5, 0.6) is 0 Å². The Kier molecular flexibility index (Phi) is 9.30. The Balaban J connectivity index is 3.71. The van der Waals surface area contributed by atoms with E-state index in [0.29, 0.717) is 12.5 Å². The lowest BCUT2D eigenvalue weighted by Gasteiger charge is -2.16. The van der Waals surface area contributed by atoms with Crippen LogP contribution < -0.4 is 0 Å². The van der Waals surface area contributed by atoms with Crippen LogP contribution in [0, 0.1) is 11.8 Å². The smallest absolute Gasteiger partial charge is 0.310 e. The van der Waals surface area contributed by atoms with Crippen molar-refractivity contribution in [1.29, 1.82) is 0 Å². The molecule has 3 nitrogen and oxygen atoms in total. The quantitative estimate of drug-likeness (QED) is 0.571. The van der Waals surface area contributed by atoms with E-state index in [4.69, 9.17) is 4.74 Å². The first kappa shape index (κ1) is 15.4. The van der Waals surface area contributed by atoms with Crippen molar-refractivity contribution in [3.8, 4) is 0 Å². The van der Waals surface area contributed by atoms with Crippen LogP contribution in [0.4, 0.5) is 0 Å². The van der Waals surface area contributed by atoms with Crippen molar-refractivity contribution in [2.24, 2.45) is 11.8 Å². The normalized spacial score (nSPS) is 12.8. The molecule has 0 radical (unpaired) electrons. The standard InChI is InChI=1S/C13H26O3/c1-5-7-12(8-6-2)10-16-9-11(3)13(14)15-4/h11-12H,5-10H2,1-4H3. The second kappa shape index (κ2) is 9.64. The fourth-order valence-electron chi connectivity index (χ4n) is 1.81. The van der Waals surface area contributed by atoms with Crippen LogP contribution in [0.2, 0.25) is 0 Å². The largest absolute Gasteiger partial charge is 0.469 e. The highest BCUT2D eigenvalue weighted by atomic mass is 16.5. The van der Waals surface area contributed by atoms with Gasteiger partial charge in [0.15, 0.2) is 0 Å². The van der Waals surface area contributed by atoms with Crippen LogP contribution >= 0.6 is 0 Å². The number of carbonyl (C=O) groups excluding carboxylic acids is 1. The van der Waals surface area contributed by atoms with E-state index in [1.54, 1.807) is 0 Å². The van der Waals surface area contributed by atoms with Crippen molar-refractivity contribution < 1.29 is 14.3 Å². The minimum Gasteiger partial charge on any atom is -0.469 e. The van der Waals surface area contributed by atoms with Crippen LogP contribution in [0.1, 0.15) is 46.5 Å². The fraction of sp³-hybridized carbons (Fsp3) is 0.923. The third-order valence-electron chi connectivity index (χ3n) is 2.72. The molecule has 1 atom stereocenters. The molecular formula is C13H26O3. The SMILES string of the molecule is CCCC(CCC)COCC(C)C(=O)OC. The highest BCUT2D eigenvalue weighted by molar-refractivity contribution is 5.71. The van der Waals surface area contributed by atoms with E-state index in [9.17, 15) is 4.79 Å². The molecule has 0 fully saturated rings. The highest BCUT2D eigenvalue weighted by Gasteiger charge is 2.14. The van der Waals surface area contributed by atoms with Gasteiger partial charge >= 0.3 is 5.97 Å². The molecule has 0 bridgehead atoms. The summed E-state index contributed by atoms with van der Waals surface area (Å²) in [5, 5.41) is 0. The van der Waals surface area contributed by atoms with Gasteiger partial charge in [-0.15, -0.1) is 0 Å². The van der Waals surface area contributed by atoms with Crippen LogP contribution in [0.3, 0.4) is 0 Å². The Morgan fingerprint density at radius 1 is 1.12 bits per heavy atom. The molecule has 1 unspecified atom stereocenters. The number of ether oxygens (including phenoxy) is 2. The van der Waals surface area contributed by atoms with E-state index < -0.39 is 0 Å². The van der Waals surface area contributed by atoms with Gasteiger partial charge < -0.3 is 9.47 Å². The highest BCUT2D eigenvalue weighted by Crippen LogP contribution is 2.14. The van der Waals surface area contributed by atoms with E-state index in [1.807, 2.05) is 6.92 Å². The van der Waals surface area contributed by atoms with Crippen LogP contribution in [-0.2, 0) is 14.3 Å². The van der Waals surface area contributed by atoms with Gasteiger partial charge in [-0.25, -0.2) is 0 Å². The number of carbonyl (C=O) groups is 1. The van der Waals surface area contributed by atoms with Gasteiger partial charge in [0, 0.05) is 6.61 Å². The molecule has 96 valence electrons. The molecule has 0 saturated heterocycles. The number of hydrogen-bond donors (Lipinski definition) is 0. The van der Waals surface area contributed by atoms with Gasteiger partial charge in [0.25, 0.3) is 0 Å². The molecule has 0 spiro atoms. The van der Waals surface area contributed by atoms with E-state index in [2.05, 4.69) is 18.6 Å². The molecule has 0 aliphatic carbocycles. The molecule has 3 heteroatoms. The summed E-state index contributed by atoms with van der Waals surface area (Å²) in [6, 6.07) is 0. The molecule has 0 heterocycles. The lowest BCUT2D eigenvalue weighted by atomic mass is 9.99. The molecule has 16 heavy (non-hydrogen) atoms. The Bertz CT molecular complexity index is 174. The molecule has 0 aliphatic heterocycles. The van der Waals surface area contributed by atoms with Gasteiger partial charge in [0.05, 0.1) is 19.6 Å². The van der Waals surface area contributed by atoms with Gasteiger partial charge in [-0.05, 0) is 25.7 Å². The molecule has 0 aromatic rings. The third kappa shape index (κ3) is 6.83. The van der Waals surface area contributed by atoms with E-state index >= 15 is 0 Å². The summed E-state index contributed by atoms with van der Waals surface area (Å²) in [7, 11) is 1.41. The first-order valence-corrected chi connectivity index (χ1v) is 6.31. The van der Waals surface area contributed by atoms with Gasteiger partial charge in [-0.1, -0.05) is 26.7 Å². The molecular weight excluding hydrogens is 204 g/mol. The third-order valence-corrected chi connectivity index (χ3v) is 2.72. The van der Waals surface area contributed by atoms with Crippen molar-refractivity contribution in [2.75, 3.05) is 20.3 Å². The number of hydrogen-bond acceptors (Lipinski definition) is 3. The van der Waals surface area contributed by atoms with Gasteiger partial charge in [0.1, 0.15) is 0 Å². The Hall–Kier alpha value is -0.570. The van der Waals surface area contributed by atoms with Gasteiger partial charge in [0.2, 0.25) is 0 Å². The van der Waals surface area contributed by atoms with E-state index in [1.165, 1.54) is 32.8 Å². The number of methoxy groups -OCH3 is 1. The van der Waals surface area contributed by atoms with Crippen LogP contribution in [0.15, 0.2) is 0 Å². The maximum atomic E-state index is 11.1. The second-order valence-electron chi connectivity index (χ2n) is 4.41. The van der Waals surface area contributed by atoms with Crippen LogP contribution in [0.25, 0.3) is 0 Å². The topological polar surface area (TPSA) is 35.5 Å². The minimum atomic E-state index is -0.192. The molecule has 0 rings (SSSR count). The summed E-state index contributed by atoms with van der Waals surface area (Å²) >= 11 is 0. The monoisotopic (exact) mass is 230 g/mol. The number of rotatable bonds is 9. The lowest BCUT2D eigenvalue weighted by Crippen LogP contribution is -2.20. The summed E-state index contributed by atoms with van der Waals surface area (Å²) in [6.45, 7) is 7.46. The first-order chi connectivity index (χ1) is 7.65. The van der Waals surface area contributed by atoms with Crippen molar-refractivity contribution >= 4 is 5.97 Å². The van der Waals surface area contributed by atoms with Crippen molar-refractivity contribution in [1.82, 2.24) is 0 Å². The summed E-state index contributed by atoms with van der Waals surface area (Å²) in [6.07, 6.45) is 4.81. The zero-order valence-electron chi connectivity index (χ0n) is 11.1. The number of esters is 1. The Morgan fingerprint density at radius 2 is 1.69 bits per heavy atom. The maximum Gasteiger partial charge on any atom is 0.310 e. The second-order valence-corrected chi connectivity index (χ2v) is 4.41. The van der Waals surface area contributed by atoms with Gasteiger partial charge in [-0.2, -0.15) is 0 Å². The summed E-state index contributed by atoms with van der Waals surface area (Å²) in [4.78, 5) is 11.1. The van der Waals surface area contributed by atoms with Gasteiger partial charge in [-0.3, -0.25) is 4.79 Å². The van der Waals surface area contributed by atoms with Crippen LogP contribution in [-0.4, -0.2) is 26.3 Å². The van der Waals surface area contributed by atoms with E-state index in [0.717, 1.165) is 6.61 Å². The summed E-state index contributed by atoms with van der Waals surface area (Å²) in [5.41, 5.74) is 0. The Labute approximate surface area is 99.5 Å². The van der Waals surface area contributed by atoms with Crippen molar-refractivity contribution in [3.05, 3.63) is 0 Å². The zero-order valence-corrected chi connectivity index (χ0v) is 11.1. The first-order valence-electron chi connectivity index (χ1n) is 6.31. The van der Waals surface area contributed by atoms with Crippen molar-refractivity contribution in [2.45, 2.75) is 46.5 Å². The average molecular weight is 230 g/mol. The molecule has 0 N–H and O–H groups in total. The Morgan fingerprint density at radius 3 is 2.12 bits per heavy atom. The molecule has 0 amide bonds. The summed E-state index contributed by atoms with van der Waals surface area (Å²) < 4.78 is 10.2. The molecule has 0 aliphatic rings. The molecule has 0 aromatic carbocycles. The average Bonchev–Trinajstić information content (AvgIpc) is 2.28. The fourth-order valence-corrected chi connectivity index (χ4v) is 1.81. The predicted molar refractivity (Wildman–Crippen MR) is 65.3 cm³/mol. The predicted octanol–water partition coefficient (Wildman–Crippen LogP) is 3.03. The molecule has 0 saturated carbocycles. The van der Waals surface area contributed by atoms with Crippen molar-refractivity contribution in [3.63, 3.8) is 0 Å². The molecule has 0 aromatic heterocycles. The lowest BCUT2D eigenvalue weighted by molar-refractivity contribution is -0.147. The zero-order chi connectivity index (χ0) is 12.4. The minimum absolute atomic E-state index is 0.158. The van der Waals surface area contributed by atoms with E-state index in [-0.39, 0.29) is 11.9 Å².